The number of aromatic hydroxyl groups is 1. The smallest absolute Gasteiger partial charge is 0.240 e. The number of phenols is 1. The Labute approximate surface area is 166 Å². The predicted molar refractivity (Wildman–Crippen MR) is 113 cm³/mol. The first-order chi connectivity index (χ1) is 12.6. The Morgan fingerprint density at radius 2 is 1.62 bits per heavy atom. The third-order valence-corrected chi connectivity index (χ3v) is 4.88. The molecule has 0 radical (unpaired) electrons. The third-order valence-electron chi connectivity index (χ3n) is 4.39. The van der Waals surface area contributed by atoms with Crippen LogP contribution >= 0.6 is 15.9 Å². The first kappa shape index (κ1) is 22.7. The number of hydrazone groups is 1. The second-order valence-electron chi connectivity index (χ2n) is 6.78. The number of nitrogens with zero attached hydrogens (tertiary/aromatic N) is 1. The molecule has 4 nitrogen and oxygen atoms in total. The minimum atomic E-state index is -0.0772. The van der Waals surface area contributed by atoms with Gasteiger partial charge in [0.1, 0.15) is 5.75 Å². The van der Waals surface area contributed by atoms with Gasteiger partial charge in [-0.1, -0.05) is 87.1 Å². The molecule has 0 saturated heterocycles. The Hall–Kier alpha value is -1.36. The molecule has 0 atom stereocenters. The number of carbonyl (C=O) groups is 1. The molecule has 0 saturated carbocycles. The van der Waals surface area contributed by atoms with Crippen LogP contribution in [0.2, 0.25) is 0 Å². The summed E-state index contributed by atoms with van der Waals surface area (Å²) >= 11 is 3.34. The van der Waals surface area contributed by atoms with Crippen molar-refractivity contribution in [2.45, 2.75) is 84.0 Å². The van der Waals surface area contributed by atoms with E-state index in [-0.39, 0.29) is 11.7 Å². The van der Waals surface area contributed by atoms with E-state index in [4.69, 9.17) is 0 Å². The number of halogens is 1. The van der Waals surface area contributed by atoms with Crippen LogP contribution in [-0.2, 0) is 4.79 Å². The molecule has 0 fully saturated rings. The lowest BCUT2D eigenvalue weighted by atomic mass is 10.1. The first-order valence-electron chi connectivity index (χ1n) is 9.94. The third kappa shape index (κ3) is 11.3. The van der Waals surface area contributed by atoms with Gasteiger partial charge in [-0.05, 0) is 24.6 Å². The van der Waals surface area contributed by atoms with Crippen molar-refractivity contribution in [3.63, 3.8) is 0 Å². The van der Waals surface area contributed by atoms with Crippen LogP contribution < -0.4 is 5.43 Å². The summed E-state index contributed by atoms with van der Waals surface area (Å²) < 4.78 is 0.851. The van der Waals surface area contributed by atoms with Crippen molar-refractivity contribution in [2.24, 2.45) is 5.10 Å². The van der Waals surface area contributed by atoms with Crippen molar-refractivity contribution < 1.29 is 9.90 Å². The Balaban J connectivity index is 2.00. The fourth-order valence-electron chi connectivity index (χ4n) is 2.81. The van der Waals surface area contributed by atoms with E-state index in [1.165, 1.54) is 64.0 Å². The zero-order chi connectivity index (χ0) is 19.0. The van der Waals surface area contributed by atoms with E-state index in [1.54, 1.807) is 18.2 Å². The number of nitrogens with one attached hydrogen (secondary N) is 1. The number of hydrogen-bond acceptors (Lipinski definition) is 3. The Morgan fingerprint density at radius 1 is 1.04 bits per heavy atom. The van der Waals surface area contributed by atoms with E-state index in [1.807, 2.05) is 0 Å². The largest absolute Gasteiger partial charge is 0.507 e. The second kappa shape index (κ2) is 14.8. The summed E-state index contributed by atoms with van der Waals surface area (Å²) in [7, 11) is 0. The van der Waals surface area contributed by atoms with Gasteiger partial charge < -0.3 is 5.11 Å². The molecule has 146 valence electrons. The van der Waals surface area contributed by atoms with Gasteiger partial charge in [0.15, 0.2) is 0 Å². The fourth-order valence-corrected chi connectivity index (χ4v) is 3.19. The van der Waals surface area contributed by atoms with Gasteiger partial charge >= 0.3 is 0 Å². The van der Waals surface area contributed by atoms with E-state index in [2.05, 4.69) is 33.4 Å². The second-order valence-corrected chi connectivity index (χ2v) is 7.70. The molecule has 0 unspecified atom stereocenters. The molecule has 0 heterocycles. The highest BCUT2D eigenvalue weighted by atomic mass is 79.9. The van der Waals surface area contributed by atoms with Crippen LogP contribution in [0.15, 0.2) is 27.8 Å². The standard InChI is InChI=1S/C21H33BrN2O2/c1-2-3-4-5-6-7-8-9-10-11-12-13-21(26)24-23-17-18-16-19(22)14-15-20(18)25/h14-17,25H,2-13H2,1H3,(H,24,26)/b23-17+. The molecule has 0 aliphatic rings. The Bertz CT molecular complexity index is 547. The van der Waals surface area contributed by atoms with Gasteiger partial charge in [0.25, 0.3) is 0 Å². The van der Waals surface area contributed by atoms with Crippen molar-refractivity contribution in [1.29, 1.82) is 0 Å². The zero-order valence-electron chi connectivity index (χ0n) is 16.0. The van der Waals surface area contributed by atoms with Gasteiger partial charge in [-0.3, -0.25) is 4.79 Å². The van der Waals surface area contributed by atoms with Crippen LogP contribution in [-0.4, -0.2) is 17.2 Å². The lowest BCUT2D eigenvalue weighted by Crippen LogP contribution is -2.16. The molecule has 0 aromatic heterocycles. The number of unbranched alkanes of at least 4 members (excludes halogenated alkanes) is 10. The number of phenolic OH excluding ortho intramolecular Hbond substituents is 1. The van der Waals surface area contributed by atoms with Gasteiger partial charge in [0.2, 0.25) is 5.91 Å². The van der Waals surface area contributed by atoms with Crippen LogP contribution in [0.4, 0.5) is 0 Å². The normalized spacial score (nSPS) is 11.2. The van der Waals surface area contributed by atoms with Crippen molar-refractivity contribution >= 4 is 28.1 Å². The van der Waals surface area contributed by atoms with Crippen molar-refractivity contribution in [1.82, 2.24) is 5.43 Å². The SMILES string of the molecule is CCCCCCCCCCCCCC(=O)N/N=C/c1cc(Br)ccc1O. The molecule has 1 rings (SSSR count). The van der Waals surface area contributed by atoms with Crippen LogP contribution in [0.1, 0.15) is 89.5 Å². The number of amides is 1. The van der Waals surface area contributed by atoms with E-state index >= 15 is 0 Å². The topological polar surface area (TPSA) is 61.7 Å². The fraction of sp³-hybridized carbons (Fsp3) is 0.619. The average Bonchev–Trinajstić information content (AvgIpc) is 2.62. The predicted octanol–water partition coefficient (Wildman–Crippen LogP) is 6.31. The van der Waals surface area contributed by atoms with Crippen LogP contribution in [0.25, 0.3) is 0 Å². The summed E-state index contributed by atoms with van der Waals surface area (Å²) in [5, 5.41) is 13.6. The lowest BCUT2D eigenvalue weighted by Gasteiger charge is -2.03. The minimum absolute atomic E-state index is 0.0772. The zero-order valence-corrected chi connectivity index (χ0v) is 17.6. The van der Waals surface area contributed by atoms with Gasteiger partial charge in [-0.2, -0.15) is 5.10 Å². The maximum absolute atomic E-state index is 11.7. The number of rotatable bonds is 14. The highest BCUT2D eigenvalue weighted by Gasteiger charge is 2.01. The molecule has 1 amide bonds. The number of carbonyl (C=O) groups excluding carboxylic acids is 1. The van der Waals surface area contributed by atoms with Crippen LogP contribution in [0.5, 0.6) is 5.75 Å². The Morgan fingerprint density at radius 3 is 2.23 bits per heavy atom. The van der Waals surface area contributed by atoms with Crippen molar-refractivity contribution in [3.05, 3.63) is 28.2 Å². The number of hydrogen-bond donors (Lipinski definition) is 2. The molecule has 26 heavy (non-hydrogen) atoms. The molecular weight excluding hydrogens is 392 g/mol. The van der Waals surface area contributed by atoms with Gasteiger partial charge in [-0.15, -0.1) is 0 Å². The van der Waals surface area contributed by atoms with Crippen molar-refractivity contribution in [3.8, 4) is 5.75 Å². The van der Waals surface area contributed by atoms with E-state index in [9.17, 15) is 9.90 Å². The summed E-state index contributed by atoms with van der Waals surface area (Å²) in [4.78, 5) is 11.7. The van der Waals surface area contributed by atoms with Crippen LogP contribution in [0, 0.1) is 0 Å². The Kier molecular flexibility index (Phi) is 12.9. The first-order valence-corrected chi connectivity index (χ1v) is 10.7. The summed E-state index contributed by atoms with van der Waals surface area (Å²) in [6.45, 7) is 2.25. The van der Waals surface area contributed by atoms with Crippen molar-refractivity contribution in [2.75, 3.05) is 0 Å². The number of benzene rings is 1. The summed E-state index contributed by atoms with van der Waals surface area (Å²) in [5.74, 6) is 0.0585. The van der Waals surface area contributed by atoms with Gasteiger partial charge in [-0.25, -0.2) is 5.43 Å². The molecule has 1 aromatic carbocycles. The lowest BCUT2D eigenvalue weighted by molar-refractivity contribution is -0.121. The molecule has 5 heteroatoms. The molecule has 2 N–H and O–H groups in total. The monoisotopic (exact) mass is 424 g/mol. The van der Waals surface area contributed by atoms with E-state index in [0.29, 0.717) is 12.0 Å². The molecule has 0 spiro atoms. The van der Waals surface area contributed by atoms with E-state index < -0.39 is 0 Å². The minimum Gasteiger partial charge on any atom is -0.507 e. The highest BCUT2D eigenvalue weighted by Crippen LogP contribution is 2.20. The van der Waals surface area contributed by atoms with Gasteiger partial charge in [0, 0.05) is 16.5 Å². The molecule has 0 aliphatic carbocycles. The van der Waals surface area contributed by atoms with E-state index in [0.717, 1.165) is 17.3 Å². The summed E-state index contributed by atoms with van der Waals surface area (Å²) in [5.41, 5.74) is 3.08. The van der Waals surface area contributed by atoms with Gasteiger partial charge in [0.05, 0.1) is 6.21 Å². The van der Waals surface area contributed by atoms with Crippen LogP contribution in [0.3, 0.4) is 0 Å². The molecule has 1 aromatic rings. The maximum atomic E-state index is 11.7. The summed E-state index contributed by atoms with van der Waals surface area (Å²) in [6, 6.07) is 5.07. The molecule has 0 bridgehead atoms. The summed E-state index contributed by atoms with van der Waals surface area (Å²) in [6.07, 6.45) is 15.9. The quantitative estimate of drug-likeness (QED) is 0.209. The molecule has 0 aliphatic heterocycles. The highest BCUT2D eigenvalue weighted by molar-refractivity contribution is 9.10. The maximum Gasteiger partial charge on any atom is 0.240 e. The molecular formula is C21H33BrN2O2. The average molecular weight is 425 g/mol.